The number of nitrogens with one attached hydrogen (secondary N) is 1. The molecule has 1 aromatic carbocycles. The number of nitrogens with zero attached hydrogens (tertiary/aromatic N) is 2. The predicted molar refractivity (Wildman–Crippen MR) is 85.6 cm³/mol. The SMILES string of the molecule is CCNC(Cc1cnn(CC)c1)c1cccc(OCC)c1. The number of rotatable bonds is 8. The van der Waals surface area contributed by atoms with Gasteiger partial charge in [-0.25, -0.2) is 0 Å². The zero-order valence-electron chi connectivity index (χ0n) is 13.2. The molecule has 0 aliphatic rings. The van der Waals surface area contributed by atoms with Gasteiger partial charge in [-0.05, 0) is 50.1 Å². The first kappa shape index (κ1) is 15.6. The minimum Gasteiger partial charge on any atom is -0.494 e. The van der Waals surface area contributed by atoms with E-state index in [0.29, 0.717) is 6.61 Å². The van der Waals surface area contributed by atoms with Gasteiger partial charge in [0.25, 0.3) is 0 Å². The van der Waals surface area contributed by atoms with Gasteiger partial charge in [-0.3, -0.25) is 4.68 Å². The van der Waals surface area contributed by atoms with E-state index < -0.39 is 0 Å². The molecular formula is C17H25N3O. The molecule has 0 fully saturated rings. The van der Waals surface area contributed by atoms with Crippen molar-refractivity contribution in [2.75, 3.05) is 13.2 Å². The van der Waals surface area contributed by atoms with E-state index in [-0.39, 0.29) is 6.04 Å². The number of likely N-dealkylation sites (N-methyl/N-ethyl adjacent to an activating group) is 1. The van der Waals surface area contributed by atoms with Crippen LogP contribution in [0, 0.1) is 0 Å². The molecule has 0 saturated heterocycles. The molecule has 0 radical (unpaired) electrons. The number of benzene rings is 1. The average Bonchev–Trinajstić information content (AvgIpc) is 2.95. The van der Waals surface area contributed by atoms with Gasteiger partial charge < -0.3 is 10.1 Å². The summed E-state index contributed by atoms with van der Waals surface area (Å²) in [6.07, 6.45) is 5.01. The summed E-state index contributed by atoms with van der Waals surface area (Å²) in [4.78, 5) is 0. The Morgan fingerprint density at radius 2 is 2.14 bits per heavy atom. The molecule has 1 atom stereocenters. The minimum absolute atomic E-state index is 0.282. The molecule has 1 heterocycles. The number of hydrogen-bond donors (Lipinski definition) is 1. The third-order valence-corrected chi connectivity index (χ3v) is 3.47. The van der Waals surface area contributed by atoms with Crippen LogP contribution in [0.2, 0.25) is 0 Å². The van der Waals surface area contributed by atoms with Crippen molar-refractivity contribution in [2.24, 2.45) is 0 Å². The second-order valence-electron chi connectivity index (χ2n) is 5.02. The van der Waals surface area contributed by atoms with E-state index >= 15 is 0 Å². The molecule has 1 N–H and O–H groups in total. The summed E-state index contributed by atoms with van der Waals surface area (Å²) in [7, 11) is 0. The molecule has 0 amide bonds. The summed E-state index contributed by atoms with van der Waals surface area (Å²) >= 11 is 0. The zero-order valence-corrected chi connectivity index (χ0v) is 13.2. The highest BCUT2D eigenvalue weighted by molar-refractivity contribution is 5.31. The smallest absolute Gasteiger partial charge is 0.119 e. The van der Waals surface area contributed by atoms with Crippen molar-refractivity contribution < 1.29 is 4.74 Å². The standard InChI is InChI=1S/C17H25N3O/c1-4-18-17(10-14-12-19-20(5-2)13-14)15-8-7-9-16(11-15)21-6-3/h7-9,11-13,17-18H,4-6,10H2,1-3H3. The van der Waals surface area contributed by atoms with E-state index in [1.165, 1.54) is 11.1 Å². The molecular weight excluding hydrogens is 262 g/mol. The molecule has 0 bridgehead atoms. The Morgan fingerprint density at radius 3 is 2.81 bits per heavy atom. The normalized spacial score (nSPS) is 12.3. The van der Waals surface area contributed by atoms with Crippen molar-refractivity contribution in [3.63, 3.8) is 0 Å². The topological polar surface area (TPSA) is 39.1 Å². The largest absolute Gasteiger partial charge is 0.494 e. The van der Waals surface area contributed by atoms with Gasteiger partial charge in [0, 0.05) is 18.8 Å². The lowest BCUT2D eigenvalue weighted by molar-refractivity contribution is 0.339. The van der Waals surface area contributed by atoms with Crippen molar-refractivity contribution in [1.82, 2.24) is 15.1 Å². The highest BCUT2D eigenvalue weighted by Gasteiger charge is 2.13. The number of hydrogen-bond acceptors (Lipinski definition) is 3. The van der Waals surface area contributed by atoms with E-state index in [0.717, 1.165) is 25.3 Å². The van der Waals surface area contributed by atoms with Gasteiger partial charge in [0.15, 0.2) is 0 Å². The van der Waals surface area contributed by atoms with E-state index in [1.807, 2.05) is 23.9 Å². The minimum atomic E-state index is 0.282. The van der Waals surface area contributed by atoms with E-state index in [1.54, 1.807) is 0 Å². The maximum Gasteiger partial charge on any atom is 0.119 e. The Bertz CT molecular complexity index is 550. The van der Waals surface area contributed by atoms with Crippen molar-refractivity contribution >= 4 is 0 Å². The fraction of sp³-hybridized carbons (Fsp3) is 0.471. The Morgan fingerprint density at radius 1 is 1.29 bits per heavy atom. The first-order chi connectivity index (χ1) is 10.3. The molecule has 2 rings (SSSR count). The van der Waals surface area contributed by atoms with Gasteiger partial charge in [-0.1, -0.05) is 19.1 Å². The fourth-order valence-electron chi connectivity index (χ4n) is 2.46. The van der Waals surface area contributed by atoms with Crippen LogP contribution in [0.5, 0.6) is 5.75 Å². The third-order valence-electron chi connectivity index (χ3n) is 3.47. The van der Waals surface area contributed by atoms with Crippen molar-refractivity contribution in [1.29, 1.82) is 0 Å². The van der Waals surface area contributed by atoms with Gasteiger partial charge in [0.2, 0.25) is 0 Å². The molecule has 0 aliphatic heterocycles. The lowest BCUT2D eigenvalue weighted by Crippen LogP contribution is -2.22. The van der Waals surface area contributed by atoms with E-state index in [4.69, 9.17) is 4.74 Å². The van der Waals surface area contributed by atoms with Crippen LogP contribution in [0.3, 0.4) is 0 Å². The number of ether oxygens (including phenoxy) is 1. The van der Waals surface area contributed by atoms with Gasteiger partial charge >= 0.3 is 0 Å². The Labute approximate surface area is 127 Å². The Kier molecular flexibility index (Phi) is 5.81. The first-order valence-electron chi connectivity index (χ1n) is 7.74. The average molecular weight is 287 g/mol. The first-order valence-corrected chi connectivity index (χ1v) is 7.74. The maximum absolute atomic E-state index is 5.60. The van der Waals surface area contributed by atoms with Crippen molar-refractivity contribution in [2.45, 2.75) is 39.8 Å². The molecule has 1 aromatic heterocycles. The Hall–Kier alpha value is -1.81. The van der Waals surface area contributed by atoms with Crippen LogP contribution in [-0.4, -0.2) is 22.9 Å². The monoisotopic (exact) mass is 287 g/mol. The van der Waals surface area contributed by atoms with Crippen molar-refractivity contribution in [3.05, 3.63) is 47.8 Å². The van der Waals surface area contributed by atoms with Gasteiger partial charge in [-0.2, -0.15) is 5.10 Å². The highest BCUT2D eigenvalue weighted by Crippen LogP contribution is 2.22. The highest BCUT2D eigenvalue weighted by atomic mass is 16.5. The van der Waals surface area contributed by atoms with Gasteiger partial charge in [0.05, 0.1) is 12.8 Å². The van der Waals surface area contributed by atoms with Crippen LogP contribution in [0.4, 0.5) is 0 Å². The molecule has 114 valence electrons. The second kappa shape index (κ2) is 7.84. The molecule has 2 aromatic rings. The van der Waals surface area contributed by atoms with Crippen LogP contribution in [-0.2, 0) is 13.0 Å². The van der Waals surface area contributed by atoms with Crippen LogP contribution < -0.4 is 10.1 Å². The summed E-state index contributed by atoms with van der Waals surface area (Å²) < 4.78 is 7.57. The van der Waals surface area contributed by atoms with Crippen molar-refractivity contribution in [3.8, 4) is 5.75 Å². The molecule has 0 saturated carbocycles. The van der Waals surface area contributed by atoms with E-state index in [2.05, 4.69) is 48.7 Å². The van der Waals surface area contributed by atoms with E-state index in [9.17, 15) is 0 Å². The molecule has 1 unspecified atom stereocenters. The second-order valence-corrected chi connectivity index (χ2v) is 5.02. The quantitative estimate of drug-likeness (QED) is 0.810. The van der Waals surface area contributed by atoms with Crippen LogP contribution >= 0.6 is 0 Å². The fourth-order valence-corrected chi connectivity index (χ4v) is 2.46. The summed E-state index contributed by atoms with van der Waals surface area (Å²) in [5.74, 6) is 0.933. The zero-order chi connectivity index (χ0) is 15.1. The molecule has 4 nitrogen and oxygen atoms in total. The van der Waals surface area contributed by atoms with Crippen LogP contribution in [0.1, 0.15) is 37.9 Å². The van der Waals surface area contributed by atoms with Gasteiger partial charge in [0.1, 0.15) is 5.75 Å². The molecule has 4 heteroatoms. The molecule has 0 spiro atoms. The van der Waals surface area contributed by atoms with Gasteiger partial charge in [-0.15, -0.1) is 0 Å². The molecule has 0 aliphatic carbocycles. The summed E-state index contributed by atoms with van der Waals surface area (Å²) in [6, 6.07) is 8.62. The summed E-state index contributed by atoms with van der Waals surface area (Å²) in [5, 5.41) is 7.90. The summed E-state index contributed by atoms with van der Waals surface area (Å²) in [5.41, 5.74) is 2.51. The predicted octanol–water partition coefficient (Wildman–Crippen LogP) is 3.20. The van der Waals surface area contributed by atoms with Crippen LogP contribution in [0.15, 0.2) is 36.7 Å². The lowest BCUT2D eigenvalue weighted by Gasteiger charge is -2.18. The maximum atomic E-state index is 5.60. The Balaban J connectivity index is 2.15. The number of aromatic nitrogens is 2. The molecule has 21 heavy (non-hydrogen) atoms. The number of aryl methyl sites for hydroxylation is 1. The van der Waals surface area contributed by atoms with Crippen LogP contribution in [0.25, 0.3) is 0 Å². The third kappa shape index (κ3) is 4.33. The lowest BCUT2D eigenvalue weighted by atomic mass is 10.0. The summed E-state index contributed by atoms with van der Waals surface area (Å²) in [6.45, 7) is 8.78.